The second-order valence-corrected chi connectivity index (χ2v) is 8.91. The average Bonchev–Trinajstić information content (AvgIpc) is 3.35. The van der Waals surface area contributed by atoms with E-state index < -0.39 is 6.04 Å². The predicted molar refractivity (Wildman–Crippen MR) is 146 cm³/mol. The largest absolute Gasteiger partial charge is 0.495 e. The SMILES string of the molecule is COc1ccccc1NC(=O)C1=C(C)Nc2nc(-c3ccc(OC)c(OC)c3)nn2C1c1cccc(C)c1. The standard InChI is InChI=1S/C29H29N5O4/c1-17-9-8-10-19(15-17)26-25(28(35)31-21-11-6-7-12-22(21)36-3)18(2)30-29-32-27(33-34(26)29)20-13-14-23(37-4)24(16-20)38-5/h6-16,26H,1-5H3,(H,31,35)(H,30,32,33). The van der Waals surface area contributed by atoms with Crippen LogP contribution in [0.5, 0.6) is 17.2 Å². The van der Waals surface area contributed by atoms with E-state index in [0.29, 0.717) is 46.0 Å². The highest BCUT2D eigenvalue weighted by molar-refractivity contribution is 6.06. The lowest BCUT2D eigenvalue weighted by atomic mass is 9.94. The molecule has 0 spiro atoms. The van der Waals surface area contributed by atoms with Gasteiger partial charge in [0.05, 0.1) is 32.6 Å². The number of rotatable bonds is 7. The molecule has 5 rings (SSSR count). The molecule has 1 aliphatic heterocycles. The number of benzene rings is 3. The number of hydrogen-bond donors (Lipinski definition) is 2. The second kappa shape index (κ2) is 10.3. The van der Waals surface area contributed by atoms with Crippen LogP contribution in [-0.4, -0.2) is 42.0 Å². The van der Waals surface area contributed by atoms with Crippen molar-refractivity contribution in [2.24, 2.45) is 0 Å². The van der Waals surface area contributed by atoms with E-state index in [0.717, 1.165) is 16.7 Å². The normalized spacial score (nSPS) is 14.4. The monoisotopic (exact) mass is 511 g/mol. The number of carbonyl (C=O) groups is 1. The van der Waals surface area contributed by atoms with Gasteiger partial charge in [-0.05, 0) is 49.7 Å². The topological polar surface area (TPSA) is 99.5 Å². The van der Waals surface area contributed by atoms with Crippen molar-refractivity contribution in [1.82, 2.24) is 14.8 Å². The van der Waals surface area contributed by atoms with E-state index in [4.69, 9.17) is 24.3 Å². The molecule has 9 heteroatoms. The third kappa shape index (κ3) is 4.54. The third-order valence-electron chi connectivity index (χ3n) is 6.45. The van der Waals surface area contributed by atoms with Crippen molar-refractivity contribution in [3.05, 3.63) is 89.1 Å². The lowest BCUT2D eigenvalue weighted by molar-refractivity contribution is -0.113. The van der Waals surface area contributed by atoms with Gasteiger partial charge in [-0.1, -0.05) is 42.0 Å². The summed E-state index contributed by atoms with van der Waals surface area (Å²) < 4.78 is 18.0. The van der Waals surface area contributed by atoms with Crippen LogP contribution >= 0.6 is 0 Å². The minimum atomic E-state index is -0.512. The van der Waals surface area contributed by atoms with E-state index in [1.165, 1.54) is 0 Å². The number of nitrogens with zero attached hydrogens (tertiary/aromatic N) is 3. The minimum absolute atomic E-state index is 0.264. The highest BCUT2D eigenvalue weighted by Gasteiger charge is 2.35. The maximum Gasteiger partial charge on any atom is 0.255 e. The molecule has 1 unspecified atom stereocenters. The number of para-hydroxylation sites is 2. The molecule has 0 saturated carbocycles. The Morgan fingerprint density at radius 3 is 2.39 bits per heavy atom. The molecule has 38 heavy (non-hydrogen) atoms. The Labute approximate surface area is 221 Å². The fraction of sp³-hybridized carbons (Fsp3) is 0.207. The molecule has 0 saturated heterocycles. The lowest BCUT2D eigenvalue weighted by Gasteiger charge is -2.29. The fourth-order valence-electron chi connectivity index (χ4n) is 4.63. The summed E-state index contributed by atoms with van der Waals surface area (Å²) in [5.74, 6) is 2.53. The molecule has 0 bridgehead atoms. The van der Waals surface area contributed by atoms with Crippen molar-refractivity contribution in [1.29, 1.82) is 0 Å². The quantitative estimate of drug-likeness (QED) is 0.352. The first-order valence-electron chi connectivity index (χ1n) is 12.1. The van der Waals surface area contributed by atoms with Crippen LogP contribution in [0.4, 0.5) is 11.6 Å². The van der Waals surface area contributed by atoms with Crippen LogP contribution in [0.3, 0.4) is 0 Å². The maximum atomic E-state index is 13.8. The molecule has 1 aromatic heterocycles. The Morgan fingerprint density at radius 2 is 1.66 bits per heavy atom. The average molecular weight is 512 g/mol. The summed E-state index contributed by atoms with van der Waals surface area (Å²) in [6, 6.07) is 20.4. The molecule has 0 radical (unpaired) electrons. The summed E-state index contributed by atoms with van der Waals surface area (Å²) in [5.41, 5.74) is 4.54. The minimum Gasteiger partial charge on any atom is -0.495 e. The summed E-state index contributed by atoms with van der Waals surface area (Å²) in [5, 5.41) is 11.2. The van der Waals surface area contributed by atoms with Crippen molar-refractivity contribution >= 4 is 17.5 Å². The van der Waals surface area contributed by atoms with Crippen LogP contribution in [0.2, 0.25) is 0 Å². The van der Waals surface area contributed by atoms with Gasteiger partial charge in [0, 0.05) is 11.3 Å². The number of carbonyl (C=O) groups excluding carboxylic acids is 1. The molecule has 2 heterocycles. The molecule has 3 aromatic carbocycles. The lowest BCUT2D eigenvalue weighted by Crippen LogP contribution is -2.31. The molecule has 1 aliphatic rings. The number of anilines is 2. The summed E-state index contributed by atoms with van der Waals surface area (Å²) >= 11 is 0. The Hall–Kier alpha value is -4.79. The van der Waals surface area contributed by atoms with Gasteiger partial charge in [-0.25, -0.2) is 4.68 Å². The highest BCUT2D eigenvalue weighted by Crippen LogP contribution is 2.38. The van der Waals surface area contributed by atoms with Crippen LogP contribution in [0.25, 0.3) is 11.4 Å². The molecule has 1 atom stereocenters. The van der Waals surface area contributed by atoms with E-state index >= 15 is 0 Å². The molecule has 0 aliphatic carbocycles. The van der Waals surface area contributed by atoms with Crippen molar-refractivity contribution in [3.8, 4) is 28.6 Å². The van der Waals surface area contributed by atoms with Gasteiger partial charge < -0.3 is 24.8 Å². The summed E-state index contributed by atoms with van der Waals surface area (Å²) in [4.78, 5) is 18.6. The summed E-state index contributed by atoms with van der Waals surface area (Å²) in [7, 11) is 4.75. The Balaban J connectivity index is 1.60. The molecule has 4 aromatic rings. The van der Waals surface area contributed by atoms with Gasteiger partial charge in [0.1, 0.15) is 11.8 Å². The first-order valence-corrected chi connectivity index (χ1v) is 12.1. The molecule has 9 nitrogen and oxygen atoms in total. The number of amides is 1. The highest BCUT2D eigenvalue weighted by atomic mass is 16.5. The molecular formula is C29H29N5O4. The number of fused-ring (bicyclic) bond motifs is 1. The van der Waals surface area contributed by atoms with Crippen LogP contribution in [0.1, 0.15) is 24.1 Å². The van der Waals surface area contributed by atoms with Gasteiger partial charge in [-0.3, -0.25) is 4.79 Å². The zero-order chi connectivity index (χ0) is 26.8. The Bertz CT molecular complexity index is 1540. The number of ether oxygens (including phenoxy) is 3. The number of hydrogen-bond acceptors (Lipinski definition) is 7. The first kappa shape index (κ1) is 24.9. The van der Waals surface area contributed by atoms with Crippen molar-refractivity contribution in [2.45, 2.75) is 19.9 Å². The number of aromatic nitrogens is 3. The van der Waals surface area contributed by atoms with Gasteiger partial charge in [0.2, 0.25) is 5.95 Å². The third-order valence-corrected chi connectivity index (χ3v) is 6.45. The van der Waals surface area contributed by atoms with E-state index in [9.17, 15) is 4.79 Å². The van der Waals surface area contributed by atoms with Gasteiger partial charge in [0.25, 0.3) is 5.91 Å². The van der Waals surface area contributed by atoms with Crippen LogP contribution < -0.4 is 24.8 Å². The predicted octanol–water partition coefficient (Wildman–Crippen LogP) is 5.21. The van der Waals surface area contributed by atoms with Gasteiger partial charge >= 0.3 is 0 Å². The van der Waals surface area contributed by atoms with Crippen molar-refractivity contribution in [3.63, 3.8) is 0 Å². The zero-order valence-electron chi connectivity index (χ0n) is 21.9. The maximum absolute atomic E-state index is 13.8. The summed E-state index contributed by atoms with van der Waals surface area (Å²) in [6.45, 7) is 3.89. The Kier molecular flexibility index (Phi) is 6.74. The van der Waals surface area contributed by atoms with Gasteiger partial charge in [-0.15, -0.1) is 5.10 Å². The molecule has 194 valence electrons. The van der Waals surface area contributed by atoms with Gasteiger partial charge in [0.15, 0.2) is 17.3 Å². The van der Waals surface area contributed by atoms with E-state index in [1.807, 2.05) is 62.4 Å². The van der Waals surface area contributed by atoms with E-state index in [-0.39, 0.29) is 5.91 Å². The molecular weight excluding hydrogens is 482 g/mol. The molecule has 1 amide bonds. The number of allylic oxidation sites excluding steroid dienone is 1. The molecule has 0 fully saturated rings. The summed E-state index contributed by atoms with van der Waals surface area (Å²) in [6.07, 6.45) is 0. The fourth-order valence-corrected chi connectivity index (χ4v) is 4.63. The van der Waals surface area contributed by atoms with Crippen molar-refractivity contribution < 1.29 is 19.0 Å². The number of nitrogens with one attached hydrogen (secondary N) is 2. The van der Waals surface area contributed by atoms with Crippen LogP contribution in [-0.2, 0) is 4.79 Å². The van der Waals surface area contributed by atoms with Crippen LogP contribution in [0, 0.1) is 6.92 Å². The van der Waals surface area contributed by atoms with Gasteiger partial charge in [-0.2, -0.15) is 4.98 Å². The van der Waals surface area contributed by atoms with Crippen LogP contribution in [0.15, 0.2) is 78.0 Å². The number of aryl methyl sites for hydroxylation is 1. The van der Waals surface area contributed by atoms with E-state index in [1.54, 1.807) is 38.1 Å². The smallest absolute Gasteiger partial charge is 0.255 e. The zero-order valence-corrected chi connectivity index (χ0v) is 21.9. The first-order chi connectivity index (χ1) is 18.4. The Morgan fingerprint density at radius 1 is 0.895 bits per heavy atom. The van der Waals surface area contributed by atoms with Crippen molar-refractivity contribution in [2.75, 3.05) is 32.0 Å². The molecule has 2 N–H and O–H groups in total. The second-order valence-electron chi connectivity index (χ2n) is 8.91. The number of methoxy groups -OCH3 is 3. The van der Waals surface area contributed by atoms with E-state index in [2.05, 4.69) is 16.7 Å².